The van der Waals surface area contributed by atoms with E-state index in [2.05, 4.69) is 39.8 Å². The van der Waals surface area contributed by atoms with Gasteiger partial charge >= 0.3 is 0 Å². The fraction of sp³-hybridized carbons (Fsp3) is 0.632. The van der Waals surface area contributed by atoms with E-state index in [4.69, 9.17) is 0 Å². The van der Waals surface area contributed by atoms with Crippen LogP contribution in [0.3, 0.4) is 0 Å². The van der Waals surface area contributed by atoms with E-state index in [1.54, 1.807) is 0 Å². The highest BCUT2D eigenvalue weighted by Gasteiger charge is 2.39. The van der Waals surface area contributed by atoms with Crippen LogP contribution in [0, 0.1) is 5.41 Å². The summed E-state index contributed by atoms with van der Waals surface area (Å²) in [6, 6.07) is 8.39. The second-order valence-corrected chi connectivity index (χ2v) is 6.98. The van der Waals surface area contributed by atoms with E-state index in [1.807, 2.05) is 12.1 Å². The third-order valence-corrected chi connectivity index (χ3v) is 5.53. The molecule has 0 atom stereocenters. The van der Waals surface area contributed by atoms with Crippen LogP contribution in [-0.2, 0) is 5.41 Å². The van der Waals surface area contributed by atoms with E-state index in [1.165, 1.54) is 18.4 Å². The van der Waals surface area contributed by atoms with Crippen LogP contribution in [0.1, 0.15) is 82.1 Å². The Morgan fingerprint density at radius 2 is 1.65 bits per heavy atom. The number of hydrogen-bond acceptors (Lipinski definition) is 1. The van der Waals surface area contributed by atoms with Crippen LogP contribution in [0.5, 0.6) is 0 Å². The zero-order valence-electron chi connectivity index (χ0n) is 13.5. The lowest BCUT2D eigenvalue weighted by molar-refractivity contribution is 0.0791. The van der Waals surface area contributed by atoms with Gasteiger partial charge in [-0.25, -0.2) is 0 Å². The first-order chi connectivity index (χ1) is 9.45. The number of benzene rings is 1. The van der Waals surface area contributed by atoms with Crippen molar-refractivity contribution >= 4 is 5.78 Å². The Labute approximate surface area is 123 Å². The molecule has 1 fully saturated rings. The molecule has 20 heavy (non-hydrogen) atoms. The monoisotopic (exact) mass is 272 g/mol. The normalized spacial score (nSPS) is 18.2. The SMILES string of the molecule is CCC1(C(=O)c2ccc(C(C)(C)CC)cc2)CCCC1. The maximum Gasteiger partial charge on any atom is 0.168 e. The highest BCUT2D eigenvalue weighted by molar-refractivity contribution is 6.00. The van der Waals surface area contributed by atoms with E-state index in [0.717, 1.165) is 31.2 Å². The van der Waals surface area contributed by atoms with Crippen molar-refractivity contribution in [2.45, 2.75) is 71.6 Å². The van der Waals surface area contributed by atoms with Crippen molar-refractivity contribution in [1.29, 1.82) is 0 Å². The Morgan fingerprint density at radius 3 is 2.10 bits per heavy atom. The molecule has 0 bridgehead atoms. The highest BCUT2D eigenvalue weighted by atomic mass is 16.1. The van der Waals surface area contributed by atoms with Crippen molar-refractivity contribution in [2.24, 2.45) is 5.41 Å². The first-order valence-corrected chi connectivity index (χ1v) is 8.10. The summed E-state index contributed by atoms with van der Waals surface area (Å²) < 4.78 is 0. The van der Waals surface area contributed by atoms with Gasteiger partial charge in [-0.3, -0.25) is 4.79 Å². The summed E-state index contributed by atoms with van der Waals surface area (Å²) in [6.07, 6.45) is 6.66. The lowest BCUT2D eigenvalue weighted by Crippen LogP contribution is -2.27. The van der Waals surface area contributed by atoms with Crippen LogP contribution in [0.4, 0.5) is 0 Å². The third kappa shape index (κ3) is 2.68. The molecule has 0 saturated heterocycles. The van der Waals surface area contributed by atoms with Gasteiger partial charge in [0.25, 0.3) is 0 Å². The molecular formula is C19H28O. The minimum Gasteiger partial charge on any atom is -0.294 e. The van der Waals surface area contributed by atoms with E-state index in [0.29, 0.717) is 5.78 Å². The minimum absolute atomic E-state index is 0.0677. The first-order valence-electron chi connectivity index (χ1n) is 8.10. The number of hydrogen-bond donors (Lipinski definition) is 0. The molecule has 2 rings (SSSR count). The molecule has 1 aliphatic carbocycles. The van der Waals surface area contributed by atoms with Gasteiger partial charge in [0.1, 0.15) is 0 Å². The van der Waals surface area contributed by atoms with Crippen LogP contribution in [0.25, 0.3) is 0 Å². The molecule has 1 aromatic rings. The highest BCUT2D eigenvalue weighted by Crippen LogP contribution is 2.43. The smallest absolute Gasteiger partial charge is 0.168 e. The molecule has 0 heterocycles. The predicted molar refractivity (Wildman–Crippen MR) is 85.3 cm³/mol. The molecule has 1 aromatic carbocycles. The van der Waals surface area contributed by atoms with Crippen LogP contribution >= 0.6 is 0 Å². The fourth-order valence-electron chi connectivity index (χ4n) is 3.38. The Morgan fingerprint density at radius 1 is 1.10 bits per heavy atom. The van der Waals surface area contributed by atoms with Gasteiger partial charge in [0.2, 0.25) is 0 Å². The van der Waals surface area contributed by atoms with E-state index >= 15 is 0 Å². The molecule has 0 N–H and O–H groups in total. The van der Waals surface area contributed by atoms with Crippen molar-refractivity contribution in [2.75, 3.05) is 0 Å². The zero-order chi connectivity index (χ0) is 14.8. The second-order valence-electron chi connectivity index (χ2n) is 6.98. The summed E-state index contributed by atoms with van der Waals surface area (Å²) in [4.78, 5) is 12.8. The van der Waals surface area contributed by atoms with Crippen molar-refractivity contribution in [3.63, 3.8) is 0 Å². The van der Waals surface area contributed by atoms with E-state index < -0.39 is 0 Å². The van der Waals surface area contributed by atoms with Gasteiger partial charge in [-0.1, -0.05) is 64.8 Å². The van der Waals surface area contributed by atoms with Crippen LogP contribution in [0.15, 0.2) is 24.3 Å². The lowest BCUT2D eigenvalue weighted by Gasteiger charge is -2.27. The van der Waals surface area contributed by atoms with Crippen molar-refractivity contribution in [3.05, 3.63) is 35.4 Å². The van der Waals surface area contributed by atoms with Crippen LogP contribution in [0.2, 0.25) is 0 Å². The Balaban J connectivity index is 2.24. The fourth-order valence-corrected chi connectivity index (χ4v) is 3.38. The lowest BCUT2D eigenvalue weighted by atomic mass is 9.75. The van der Waals surface area contributed by atoms with Gasteiger partial charge in [0.15, 0.2) is 5.78 Å². The first kappa shape index (κ1) is 15.3. The summed E-state index contributed by atoms with van der Waals surface area (Å²) in [5.74, 6) is 0.373. The molecule has 1 heteroatoms. The third-order valence-electron chi connectivity index (χ3n) is 5.53. The van der Waals surface area contributed by atoms with E-state index in [-0.39, 0.29) is 10.8 Å². The second kappa shape index (κ2) is 5.71. The molecule has 0 amide bonds. The molecule has 0 radical (unpaired) electrons. The minimum atomic E-state index is -0.0677. The predicted octanol–water partition coefficient (Wildman–Crippen LogP) is 5.53. The maximum absolute atomic E-state index is 12.8. The molecule has 0 spiro atoms. The van der Waals surface area contributed by atoms with Gasteiger partial charge in [-0.2, -0.15) is 0 Å². The van der Waals surface area contributed by atoms with Crippen molar-refractivity contribution < 1.29 is 4.79 Å². The van der Waals surface area contributed by atoms with Gasteiger partial charge in [0.05, 0.1) is 0 Å². The van der Waals surface area contributed by atoms with Crippen molar-refractivity contribution in [3.8, 4) is 0 Å². The van der Waals surface area contributed by atoms with Gasteiger partial charge in [-0.05, 0) is 36.7 Å². The van der Waals surface area contributed by atoms with E-state index in [9.17, 15) is 4.79 Å². The van der Waals surface area contributed by atoms with Gasteiger partial charge < -0.3 is 0 Å². The standard InChI is InChI=1S/C19H28O/c1-5-18(3,4)16-11-9-15(10-12-16)17(20)19(6-2)13-7-8-14-19/h9-12H,5-8,13-14H2,1-4H3. The Hall–Kier alpha value is -1.11. The summed E-state index contributed by atoms with van der Waals surface area (Å²) in [5, 5.41) is 0. The molecule has 1 saturated carbocycles. The number of Topliss-reactive ketones (excluding diaryl/α,β-unsaturated/α-hetero) is 1. The Kier molecular flexibility index (Phi) is 4.36. The summed E-state index contributed by atoms with van der Waals surface area (Å²) in [6.45, 7) is 8.89. The molecule has 0 aromatic heterocycles. The Bertz CT molecular complexity index is 461. The molecular weight excluding hydrogens is 244 g/mol. The number of carbonyl (C=O) groups is 1. The average Bonchev–Trinajstić information content (AvgIpc) is 2.96. The number of rotatable bonds is 5. The molecule has 1 aliphatic rings. The quantitative estimate of drug-likeness (QED) is 0.644. The molecule has 0 unspecified atom stereocenters. The summed E-state index contributed by atoms with van der Waals surface area (Å²) in [5.41, 5.74) is 2.36. The zero-order valence-corrected chi connectivity index (χ0v) is 13.5. The molecule has 110 valence electrons. The van der Waals surface area contributed by atoms with Crippen LogP contribution < -0.4 is 0 Å². The molecule has 0 aliphatic heterocycles. The number of carbonyl (C=O) groups excluding carboxylic acids is 1. The summed E-state index contributed by atoms with van der Waals surface area (Å²) in [7, 11) is 0. The van der Waals surface area contributed by atoms with Crippen LogP contribution in [-0.4, -0.2) is 5.78 Å². The topological polar surface area (TPSA) is 17.1 Å². The van der Waals surface area contributed by atoms with Crippen molar-refractivity contribution in [1.82, 2.24) is 0 Å². The van der Waals surface area contributed by atoms with Gasteiger partial charge in [-0.15, -0.1) is 0 Å². The van der Waals surface area contributed by atoms with Gasteiger partial charge in [0, 0.05) is 11.0 Å². The molecule has 1 nitrogen and oxygen atoms in total. The summed E-state index contributed by atoms with van der Waals surface area (Å²) >= 11 is 0. The largest absolute Gasteiger partial charge is 0.294 e. The average molecular weight is 272 g/mol. The number of ketones is 1. The maximum atomic E-state index is 12.8.